The van der Waals surface area contributed by atoms with Gasteiger partial charge < -0.3 is 5.32 Å². The smallest absolute Gasteiger partial charge is 0.318 e. The molecule has 0 bridgehead atoms. The molecule has 1 aliphatic rings. The molecule has 0 saturated carbocycles. The minimum Gasteiger partial charge on any atom is -0.318 e. The van der Waals surface area contributed by atoms with Crippen LogP contribution in [0.4, 0.5) is 24.5 Å². The summed E-state index contributed by atoms with van der Waals surface area (Å²) in [5.41, 5.74) is 1.95. The van der Waals surface area contributed by atoms with Crippen molar-refractivity contribution in [1.82, 2.24) is 10.4 Å². The van der Waals surface area contributed by atoms with Crippen LogP contribution in [0, 0.1) is 0 Å². The number of hydrogen-bond donors (Lipinski definition) is 2. The van der Waals surface area contributed by atoms with Crippen molar-refractivity contribution in [3.63, 3.8) is 0 Å². The number of alkyl halides is 3. The SMILES string of the molecule is CC1N=C(C(=O)Nc2cncc(C(F)(F)F)c2)NN(c2ccccc2)C1=O. The van der Waals surface area contributed by atoms with Crippen molar-refractivity contribution in [2.45, 2.75) is 19.1 Å². The van der Waals surface area contributed by atoms with E-state index in [-0.39, 0.29) is 17.4 Å². The maximum atomic E-state index is 12.8. The van der Waals surface area contributed by atoms with Gasteiger partial charge in [-0.1, -0.05) is 18.2 Å². The zero-order valence-corrected chi connectivity index (χ0v) is 14.0. The molecule has 0 saturated heterocycles. The first-order valence-corrected chi connectivity index (χ1v) is 7.83. The number of pyridine rings is 1. The Morgan fingerprint density at radius 1 is 1.22 bits per heavy atom. The van der Waals surface area contributed by atoms with Gasteiger partial charge in [-0.25, -0.2) is 10.0 Å². The number of rotatable bonds is 3. The van der Waals surface area contributed by atoms with Crippen molar-refractivity contribution < 1.29 is 22.8 Å². The topological polar surface area (TPSA) is 86.7 Å². The number of hydrogen-bond acceptors (Lipinski definition) is 5. The number of nitrogens with zero attached hydrogens (tertiary/aromatic N) is 3. The van der Waals surface area contributed by atoms with Crippen molar-refractivity contribution in [3.8, 4) is 0 Å². The van der Waals surface area contributed by atoms with Crippen LogP contribution in [0.5, 0.6) is 0 Å². The van der Waals surface area contributed by atoms with Gasteiger partial charge in [-0.05, 0) is 25.1 Å². The fraction of sp³-hybridized carbons (Fsp3) is 0.176. The summed E-state index contributed by atoms with van der Waals surface area (Å²) in [7, 11) is 0. The Hall–Kier alpha value is -3.43. The van der Waals surface area contributed by atoms with Gasteiger partial charge >= 0.3 is 6.18 Å². The van der Waals surface area contributed by atoms with Gasteiger partial charge in [0.2, 0.25) is 5.84 Å². The summed E-state index contributed by atoms with van der Waals surface area (Å²) >= 11 is 0. The van der Waals surface area contributed by atoms with Crippen molar-refractivity contribution in [3.05, 3.63) is 54.4 Å². The van der Waals surface area contributed by atoms with Crippen molar-refractivity contribution >= 4 is 29.0 Å². The highest BCUT2D eigenvalue weighted by Gasteiger charge is 2.32. The van der Waals surface area contributed by atoms with Gasteiger partial charge in [0, 0.05) is 6.20 Å². The first kappa shape index (κ1) is 18.4. The van der Waals surface area contributed by atoms with E-state index in [9.17, 15) is 22.8 Å². The molecule has 0 fully saturated rings. The number of benzene rings is 1. The van der Waals surface area contributed by atoms with E-state index in [1.54, 1.807) is 30.3 Å². The van der Waals surface area contributed by atoms with Crippen LogP contribution in [-0.2, 0) is 15.8 Å². The lowest BCUT2D eigenvalue weighted by Gasteiger charge is -2.30. The third-order valence-electron chi connectivity index (χ3n) is 3.67. The molecule has 0 aliphatic carbocycles. The Labute approximate surface area is 151 Å². The maximum absolute atomic E-state index is 12.8. The van der Waals surface area contributed by atoms with Crippen LogP contribution in [0.2, 0.25) is 0 Å². The second-order valence-electron chi connectivity index (χ2n) is 5.69. The van der Waals surface area contributed by atoms with E-state index in [0.717, 1.165) is 17.3 Å². The zero-order valence-electron chi connectivity index (χ0n) is 14.0. The first-order valence-electron chi connectivity index (χ1n) is 7.83. The van der Waals surface area contributed by atoms with E-state index in [2.05, 4.69) is 20.7 Å². The van der Waals surface area contributed by atoms with Gasteiger partial charge in [0.05, 0.1) is 23.1 Å². The van der Waals surface area contributed by atoms with Gasteiger partial charge in [0.15, 0.2) is 0 Å². The Morgan fingerprint density at radius 3 is 2.59 bits per heavy atom. The lowest BCUT2D eigenvalue weighted by molar-refractivity contribution is -0.137. The minimum atomic E-state index is -4.58. The summed E-state index contributed by atoms with van der Waals surface area (Å²) in [6.07, 6.45) is -2.84. The van der Waals surface area contributed by atoms with Gasteiger partial charge in [0.1, 0.15) is 6.04 Å². The molecule has 7 nitrogen and oxygen atoms in total. The standard InChI is InChI=1S/C17H14F3N5O2/c1-10-16(27)25(13-5-3-2-4-6-13)24-14(22-10)15(26)23-12-7-11(8-21-9-12)17(18,19)20/h2-10H,1H3,(H,22,24)(H,23,26). The predicted molar refractivity (Wildman–Crippen MR) is 91.8 cm³/mol. The zero-order chi connectivity index (χ0) is 19.6. The van der Waals surface area contributed by atoms with Gasteiger partial charge in [-0.3, -0.25) is 20.0 Å². The van der Waals surface area contributed by atoms with Crippen molar-refractivity contribution in [2.24, 2.45) is 4.99 Å². The summed E-state index contributed by atoms with van der Waals surface area (Å²) in [5.74, 6) is -1.38. The number of para-hydroxylation sites is 1. The second-order valence-corrected chi connectivity index (χ2v) is 5.69. The predicted octanol–water partition coefficient (Wildman–Crippen LogP) is 2.38. The van der Waals surface area contributed by atoms with Crippen molar-refractivity contribution in [1.29, 1.82) is 0 Å². The van der Waals surface area contributed by atoms with Gasteiger partial charge in [-0.15, -0.1) is 0 Å². The van der Waals surface area contributed by atoms with E-state index in [4.69, 9.17) is 0 Å². The van der Waals surface area contributed by atoms with Crippen LogP contribution in [0.25, 0.3) is 0 Å². The molecule has 1 aliphatic heterocycles. The normalized spacial score (nSPS) is 17.2. The molecule has 2 amide bonds. The number of nitrogens with one attached hydrogen (secondary N) is 2. The molecule has 1 atom stereocenters. The van der Waals surface area contributed by atoms with E-state index < -0.39 is 23.7 Å². The lowest BCUT2D eigenvalue weighted by Crippen LogP contribution is -2.57. The number of aliphatic imine (C=N–C) groups is 1. The number of anilines is 2. The highest BCUT2D eigenvalue weighted by molar-refractivity contribution is 6.43. The number of hydrazine groups is 1. The van der Waals surface area contributed by atoms with Crippen LogP contribution in [0.1, 0.15) is 12.5 Å². The molecule has 1 aromatic heterocycles. The first-order chi connectivity index (χ1) is 12.8. The number of amides is 2. The summed E-state index contributed by atoms with van der Waals surface area (Å²) in [6.45, 7) is 1.51. The fourth-order valence-electron chi connectivity index (χ4n) is 2.36. The molecule has 1 aromatic carbocycles. The van der Waals surface area contributed by atoms with E-state index in [1.165, 1.54) is 6.92 Å². The number of carbonyl (C=O) groups excluding carboxylic acids is 2. The van der Waals surface area contributed by atoms with Gasteiger partial charge in [0.25, 0.3) is 11.8 Å². The van der Waals surface area contributed by atoms with Crippen molar-refractivity contribution in [2.75, 3.05) is 10.3 Å². The fourth-order valence-corrected chi connectivity index (χ4v) is 2.36. The Kier molecular flexibility index (Phi) is 4.80. The van der Waals surface area contributed by atoms with Crippen LogP contribution in [0.3, 0.4) is 0 Å². The number of aromatic nitrogens is 1. The average Bonchev–Trinajstić information content (AvgIpc) is 2.64. The number of amidine groups is 1. The molecule has 10 heteroatoms. The largest absolute Gasteiger partial charge is 0.417 e. The molecule has 27 heavy (non-hydrogen) atoms. The third kappa shape index (κ3) is 4.05. The summed E-state index contributed by atoms with van der Waals surface area (Å²) in [6, 6.07) is 8.45. The lowest BCUT2D eigenvalue weighted by atomic mass is 10.2. The van der Waals surface area contributed by atoms with Crippen LogP contribution in [0.15, 0.2) is 53.8 Å². The maximum Gasteiger partial charge on any atom is 0.417 e. The molecule has 1 unspecified atom stereocenters. The van der Waals surface area contributed by atoms with E-state index in [0.29, 0.717) is 11.9 Å². The Balaban J connectivity index is 1.80. The molecule has 2 aromatic rings. The van der Waals surface area contributed by atoms with E-state index in [1.807, 2.05) is 0 Å². The highest BCUT2D eigenvalue weighted by Crippen LogP contribution is 2.29. The molecular weight excluding hydrogens is 363 g/mol. The van der Waals surface area contributed by atoms with Crippen LogP contribution < -0.4 is 15.8 Å². The quantitative estimate of drug-likeness (QED) is 0.860. The molecule has 0 spiro atoms. The molecular formula is C17H14F3N5O2. The Morgan fingerprint density at radius 2 is 1.93 bits per heavy atom. The molecule has 0 radical (unpaired) electrons. The summed E-state index contributed by atoms with van der Waals surface area (Å²) in [4.78, 5) is 32.1. The second kappa shape index (κ2) is 7.06. The number of halogens is 3. The third-order valence-corrected chi connectivity index (χ3v) is 3.67. The average molecular weight is 377 g/mol. The molecule has 2 N–H and O–H groups in total. The van der Waals surface area contributed by atoms with Gasteiger partial charge in [-0.2, -0.15) is 13.2 Å². The Bertz CT molecular complexity index is 899. The summed E-state index contributed by atoms with van der Waals surface area (Å²) < 4.78 is 38.3. The minimum absolute atomic E-state index is 0.143. The van der Waals surface area contributed by atoms with Crippen LogP contribution >= 0.6 is 0 Å². The molecule has 2 heterocycles. The van der Waals surface area contributed by atoms with Crippen LogP contribution in [-0.4, -0.2) is 28.7 Å². The summed E-state index contributed by atoms with van der Waals surface area (Å²) in [5, 5.41) is 3.46. The molecule has 140 valence electrons. The molecule has 3 rings (SSSR count). The van der Waals surface area contributed by atoms with E-state index >= 15 is 0 Å². The highest BCUT2D eigenvalue weighted by atomic mass is 19.4. The number of carbonyl (C=O) groups is 2. The monoisotopic (exact) mass is 377 g/mol.